The fourth-order valence-corrected chi connectivity index (χ4v) is 8.65. The minimum atomic E-state index is -0.886. The van der Waals surface area contributed by atoms with Gasteiger partial charge < -0.3 is 0 Å². The zero-order chi connectivity index (χ0) is 27.1. The van der Waals surface area contributed by atoms with E-state index in [2.05, 4.69) is 123 Å². The Morgan fingerprint density at radius 3 is 2.24 bits per heavy atom. The van der Waals surface area contributed by atoms with Crippen molar-refractivity contribution in [1.29, 1.82) is 0 Å². The fraction of sp³-hybridized carbons (Fsp3) is 0.118. The Morgan fingerprint density at radius 1 is 0.690 bits per heavy atom. The molecule has 8 heterocycles. The minimum absolute atomic E-state index is 0.254. The van der Waals surface area contributed by atoms with Gasteiger partial charge in [0.05, 0.1) is 27.8 Å². The van der Waals surface area contributed by atoms with Gasteiger partial charge in [-0.25, -0.2) is 14.5 Å². The number of hydrogen-bond acceptors (Lipinski definition) is 5. The van der Waals surface area contributed by atoms with Crippen LogP contribution >= 0.6 is 0 Å². The largest absolute Gasteiger partial charge is 0.418 e. The first-order valence-corrected chi connectivity index (χ1v) is 14.4. The molecule has 0 saturated carbocycles. The highest BCUT2D eigenvalue weighted by Gasteiger charge is 2.77. The van der Waals surface area contributed by atoms with Crippen molar-refractivity contribution in [3.63, 3.8) is 0 Å². The van der Waals surface area contributed by atoms with E-state index in [0.717, 1.165) is 72.9 Å². The van der Waals surface area contributed by atoms with E-state index in [1.807, 2.05) is 0 Å². The predicted molar refractivity (Wildman–Crippen MR) is 155 cm³/mol. The van der Waals surface area contributed by atoms with Crippen LogP contribution in [0.4, 0.5) is 0 Å². The Hall–Kier alpha value is -5.50. The first kappa shape index (κ1) is 20.4. The second-order valence-electron chi connectivity index (χ2n) is 12.0. The summed E-state index contributed by atoms with van der Waals surface area (Å²) in [7, 11) is 0. The lowest BCUT2D eigenvalue weighted by Crippen LogP contribution is -2.79. The highest BCUT2D eigenvalue weighted by atomic mass is 15.7. The average Bonchev–Trinajstić information content (AvgIpc) is 3.72. The quantitative estimate of drug-likeness (QED) is 0.279. The Morgan fingerprint density at radius 2 is 1.38 bits per heavy atom. The van der Waals surface area contributed by atoms with Crippen molar-refractivity contribution in [2.24, 2.45) is 20.0 Å². The third-order valence-electron chi connectivity index (χ3n) is 10.2. The van der Waals surface area contributed by atoms with Crippen LogP contribution in [0.2, 0.25) is 0 Å². The second-order valence-corrected chi connectivity index (χ2v) is 12.0. The molecule has 0 N–H and O–H groups in total. The van der Waals surface area contributed by atoms with Crippen molar-refractivity contribution >= 4 is 34.1 Å². The molecule has 8 heteroatoms. The Balaban J connectivity index is 1.41. The van der Waals surface area contributed by atoms with Gasteiger partial charge in [0, 0.05) is 16.3 Å². The number of hydrogen-bond donors (Lipinski definition) is 0. The molecular formula is C34H20N8+2. The number of fused-ring (bicyclic) bond motifs is 12. The van der Waals surface area contributed by atoms with Crippen molar-refractivity contribution in [2.75, 3.05) is 0 Å². The lowest BCUT2D eigenvalue weighted by molar-refractivity contribution is -0.880. The van der Waals surface area contributed by atoms with E-state index in [1.165, 1.54) is 5.56 Å². The van der Waals surface area contributed by atoms with Gasteiger partial charge in [0.15, 0.2) is 5.66 Å². The first-order valence-electron chi connectivity index (χ1n) is 14.4. The number of rotatable bonds is 0. The van der Waals surface area contributed by atoms with E-state index in [1.54, 1.807) is 0 Å². The maximum Gasteiger partial charge on any atom is 0.418 e. The molecule has 1 aromatic heterocycles. The van der Waals surface area contributed by atoms with Gasteiger partial charge in [0.2, 0.25) is 5.49 Å². The Bertz CT molecular complexity index is 2510. The molecule has 7 aliphatic heterocycles. The lowest BCUT2D eigenvalue weighted by Gasteiger charge is -2.50. The molecule has 0 aliphatic carbocycles. The summed E-state index contributed by atoms with van der Waals surface area (Å²) in [4.78, 5) is 24.6. The molecule has 12 rings (SSSR count). The number of benzene rings is 4. The highest BCUT2D eigenvalue weighted by Crippen LogP contribution is 2.56. The fourth-order valence-electron chi connectivity index (χ4n) is 8.65. The molecule has 42 heavy (non-hydrogen) atoms. The minimum Gasteiger partial charge on any atom is -0.234 e. The second kappa shape index (κ2) is 6.06. The van der Waals surface area contributed by atoms with Crippen molar-refractivity contribution < 1.29 is 9.15 Å². The maximum absolute atomic E-state index is 5.64. The van der Waals surface area contributed by atoms with E-state index in [9.17, 15) is 0 Å². The van der Waals surface area contributed by atoms with E-state index < -0.39 is 11.6 Å². The highest BCUT2D eigenvalue weighted by molar-refractivity contribution is 6.18. The molecule has 4 aromatic carbocycles. The molecule has 8 nitrogen and oxygen atoms in total. The monoisotopic (exact) mass is 540 g/mol. The molecular weight excluding hydrogens is 520 g/mol. The summed E-state index contributed by atoms with van der Waals surface area (Å²) in [6.45, 7) is 2.25. The van der Waals surface area contributed by atoms with E-state index >= 15 is 0 Å². The van der Waals surface area contributed by atoms with E-state index in [-0.39, 0.29) is 6.17 Å². The standard InChI is InChI=1S/C34H20N8/c1-33-25-17-9-8-16-24(25)31-37-30-21-13-5-4-12-20(21)27-35-26-18-10-2-3-11-19(18)28-36-29-22-14-6-7-15-23(22)32(38-33)41(29)34(39(26)28,40(27)30)42(31)33/h2-17,27H,1H3/q+2. The van der Waals surface area contributed by atoms with Crippen LogP contribution in [-0.4, -0.2) is 42.0 Å². The van der Waals surface area contributed by atoms with Crippen molar-refractivity contribution in [2.45, 2.75) is 24.7 Å². The van der Waals surface area contributed by atoms with Gasteiger partial charge in [-0.2, -0.15) is 0 Å². The summed E-state index contributed by atoms with van der Waals surface area (Å²) in [5.74, 6) is 2.85. The molecule has 0 bridgehead atoms. The van der Waals surface area contributed by atoms with Crippen LogP contribution in [0.5, 0.6) is 0 Å². The normalized spacial score (nSPS) is 27.1. The van der Waals surface area contributed by atoms with Crippen LogP contribution in [0.3, 0.4) is 0 Å². The molecule has 1 spiro atoms. The molecule has 7 aliphatic rings. The zero-order valence-electron chi connectivity index (χ0n) is 22.4. The SMILES string of the molecule is CC12N=c3c4ccccc4c4n3C35N1C(=NC1=[N+]3C(N=C3c6ccccc6C(=[N+]35)N=4)c3ccccc31)c1ccccc12. The van der Waals surface area contributed by atoms with Gasteiger partial charge in [-0.1, -0.05) is 76.7 Å². The topological polar surface area (TPSA) is 63.6 Å². The third kappa shape index (κ3) is 1.78. The van der Waals surface area contributed by atoms with Crippen molar-refractivity contribution in [1.82, 2.24) is 9.47 Å². The number of amidine groups is 4. The van der Waals surface area contributed by atoms with Gasteiger partial charge in [0.1, 0.15) is 5.49 Å². The summed E-state index contributed by atoms with van der Waals surface area (Å²) in [6.07, 6.45) is -0.254. The molecule has 3 unspecified atom stereocenters. The molecule has 194 valence electrons. The summed E-state index contributed by atoms with van der Waals surface area (Å²) >= 11 is 0. The van der Waals surface area contributed by atoms with Crippen LogP contribution < -0.4 is 11.0 Å². The maximum atomic E-state index is 5.64. The number of aliphatic imine (C=N–C) groups is 2. The van der Waals surface area contributed by atoms with Gasteiger partial charge >= 0.3 is 11.7 Å². The van der Waals surface area contributed by atoms with Gasteiger partial charge in [0.25, 0.3) is 23.7 Å². The Labute approximate surface area is 238 Å². The zero-order valence-corrected chi connectivity index (χ0v) is 22.4. The predicted octanol–water partition coefficient (Wildman–Crippen LogP) is 3.13. The summed E-state index contributed by atoms with van der Waals surface area (Å²) in [5, 5.41) is 2.21. The van der Waals surface area contributed by atoms with Crippen LogP contribution in [0.15, 0.2) is 117 Å². The molecule has 0 saturated heterocycles. The van der Waals surface area contributed by atoms with Gasteiger partial charge in [-0.05, 0) is 42.2 Å². The van der Waals surface area contributed by atoms with E-state index in [4.69, 9.17) is 20.0 Å². The third-order valence-corrected chi connectivity index (χ3v) is 10.2. The van der Waals surface area contributed by atoms with Crippen LogP contribution in [-0.2, 0) is 11.6 Å². The molecule has 5 aromatic rings. The lowest BCUT2D eigenvalue weighted by atomic mass is 9.99. The average molecular weight is 541 g/mol. The number of aromatic nitrogens is 1. The summed E-state index contributed by atoms with van der Waals surface area (Å²) in [6, 6.07) is 34.4. The van der Waals surface area contributed by atoms with Crippen LogP contribution in [0, 0.1) is 0 Å². The summed E-state index contributed by atoms with van der Waals surface area (Å²) in [5.41, 5.74) is 7.93. The van der Waals surface area contributed by atoms with Gasteiger partial charge in [-0.15, -0.1) is 9.15 Å². The van der Waals surface area contributed by atoms with Crippen molar-refractivity contribution in [3.05, 3.63) is 141 Å². The summed E-state index contributed by atoms with van der Waals surface area (Å²) < 4.78 is 7.20. The smallest absolute Gasteiger partial charge is 0.234 e. The number of nitrogens with zero attached hydrogens (tertiary/aromatic N) is 8. The molecule has 3 atom stereocenters. The molecule has 0 amide bonds. The van der Waals surface area contributed by atoms with Crippen LogP contribution in [0.25, 0.3) is 10.8 Å². The Kier molecular flexibility index (Phi) is 2.94. The van der Waals surface area contributed by atoms with Gasteiger partial charge in [-0.3, -0.25) is 0 Å². The first-order chi connectivity index (χ1) is 20.7. The van der Waals surface area contributed by atoms with E-state index in [0.29, 0.717) is 0 Å². The van der Waals surface area contributed by atoms with Crippen LogP contribution in [0.1, 0.15) is 46.5 Å². The molecule has 0 radical (unpaired) electrons. The molecule has 0 fully saturated rings. The van der Waals surface area contributed by atoms with Crippen molar-refractivity contribution in [3.8, 4) is 0 Å².